The molecule has 5 heteroatoms. The van der Waals surface area contributed by atoms with Crippen molar-refractivity contribution in [2.75, 3.05) is 32.6 Å². The number of morpholine rings is 1. The van der Waals surface area contributed by atoms with E-state index in [4.69, 9.17) is 4.74 Å². The highest BCUT2D eigenvalue weighted by molar-refractivity contribution is 8.00. The molecule has 2 rings (SSSR count). The molecule has 1 unspecified atom stereocenters. The van der Waals surface area contributed by atoms with Crippen LogP contribution >= 0.6 is 11.8 Å². The minimum absolute atomic E-state index is 0.0880. The van der Waals surface area contributed by atoms with Gasteiger partial charge in [-0.1, -0.05) is 12.8 Å². The molecule has 4 nitrogen and oxygen atoms in total. The van der Waals surface area contributed by atoms with Crippen LogP contribution < -0.4 is 10.6 Å². The van der Waals surface area contributed by atoms with E-state index >= 15 is 0 Å². The molecule has 0 aromatic heterocycles. The van der Waals surface area contributed by atoms with Crippen molar-refractivity contribution in [1.82, 2.24) is 10.6 Å². The van der Waals surface area contributed by atoms with Gasteiger partial charge in [0.15, 0.2) is 0 Å². The highest BCUT2D eigenvalue weighted by Crippen LogP contribution is 2.39. The summed E-state index contributed by atoms with van der Waals surface area (Å²) in [7, 11) is 0. The van der Waals surface area contributed by atoms with Gasteiger partial charge in [0.2, 0.25) is 5.91 Å². The topological polar surface area (TPSA) is 50.4 Å². The Morgan fingerprint density at radius 2 is 2.29 bits per heavy atom. The molecule has 0 aromatic rings. The molecule has 0 aromatic carbocycles. The third-order valence-electron chi connectivity index (χ3n) is 3.77. The van der Waals surface area contributed by atoms with E-state index in [0.29, 0.717) is 13.2 Å². The lowest BCUT2D eigenvalue weighted by Crippen LogP contribution is -2.53. The molecule has 1 aliphatic carbocycles. The van der Waals surface area contributed by atoms with Gasteiger partial charge in [0.1, 0.15) is 6.04 Å². The maximum absolute atomic E-state index is 12.0. The summed E-state index contributed by atoms with van der Waals surface area (Å²) >= 11 is 1.90. The van der Waals surface area contributed by atoms with Crippen molar-refractivity contribution in [3.8, 4) is 0 Å². The molecule has 1 amide bonds. The van der Waals surface area contributed by atoms with Gasteiger partial charge < -0.3 is 15.4 Å². The molecule has 1 saturated carbocycles. The van der Waals surface area contributed by atoms with Gasteiger partial charge in [-0.2, -0.15) is 11.8 Å². The Bertz CT molecular complexity index is 261. The number of thioether (sulfide) groups is 1. The second-order valence-corrected chi connectivity index (χ2v) is 6.17. The Morgan fingerprint density at radius 3 is 2.88 bits per heavy atom. The average Bonchev–Trinajstić information content (AvgIpc) is 2.86. The quantitative estimate of drug-likeness (QED) is 0.782. The lowest BCUT2D eigenvalue weighted by atomic mass is 10.1. The zero-order valence-electron chi connectivity index (χ0n) is 10.5. The maximum Gasteiger partial charge on any atom is 0.239 e. The van der Waals surface area contributed by atoms with Gasteiger partial charge in [0, 0.05) is 17.8 Å². The van der Waals surface area contributed by atoms with Crippen LogP contribution in [0.3, 0.4) is 0 Å². The lowest BCUT2D eigenvalue weighted by molar-refractivity contribution is -0.126. The molecule has 1 saturated heterocycles. The summed E-state index contributed by atoms with van der Waals surface area (Å²) in [6.45, 7) is 2.77. The number of ether oxygens (including phenoxy) is 1. The average molecular weight is 258 g/mol. The number of hydrogen-bond acceptors (Lipinski definition) is 4. The first-order valence-corrected chi connectivity index (χ1v) is 7.62. The number of amides is 1. The van der Waals surface area contributed by atoms with E-state index in [1.54, 1.807) is 0 Å². The van der Waals surface area contributed by atoms with Gasteiger partial charge in [-0.25, -0.2) is 0 Å². The van der Waals surface area contributed by atoms with Crippen molar-refractivity contribution >= 4 is 17.7 Å². The molecule has 17 heavy (non-hydrogen) atoms. The Labute approximate surface area is 107 Å². The van der Waals surface area contributed by atoms with Crippen LogP contribution in [0.15, 0.2) is 0 Å². The molecule has 2 N–H and O–H groups in total. The minimum atomic E-state index is -0.163. The van der Waals surface area contributed by atoms with E-state index < -0.39 is 0 Å². The van der Waals surface area contributed by atoms with Crippen molar-refractivity contribution in [3.63, 3.8) is 0 Å². The van der Waals surface area contributed by atoms with Gasteiger partial charge >= 0.3 is 0 Å². The first-order chi connectivity index (χ1) is 8.26. The van der Waals surface area contributed by atoms with E-state index in [0.717, 1.165) is 13.1 Å². The van der Waals surface area contributed by atoms with Gasteiger partial charge in [-0.15, -0.1) is 0 Å². The van der Waals surface area contributed by atoms with E-state index in [9.17, 15) is 4.79 Å². The van der Waals surface area contributed by atoms with Gasteiger partial charge in [0.05, 0.1) is 13.2 Å². The number of nitrogens with one attached hydrogen (secondary N) is 2. The third-order valence-corrected chi connectivity index (χ3v) is 5.19. The Morgan fingerprint density at radius 1 is 1.53 bits per heavy atom. The summed E-state index contributed by atoms with van der Waals surface area (Å²) in [5.74, 6) is 0.0880. The molecule has 0 radical (unpaired) electrons. The van der Waals surface area contributed by atoms with E-state index in [-0.39, 0.29) is 16.7 Å². The van der Waals surface area contributed by atoms with Crippen LogP contribution in [0.25, 0.3) is 0 Å². The van der Waals surface area contributed by atoms with Crippen LogP contribution in [0.2, 0.25) is 0 Å². The van der Waals surface area contributed by atoms with Crippen LogP contribution in [0.4, 0.5) is 0 Å². The summed E-state index contributed by atoms with van der Waals surface area (Å²) in [4.78, 5) is 12.0. The second-order valence-electron chi connectivity index (χ2n) is 4.89. The molecule has 1 atom stereocenters. The third kappa shape index (κ3) is 3.36. The number of carbonyl (C=O) groups excluding carboxylic acids is 1. The molecule has 1 aliphatic heterocycles. The number of hydrogen-bond donors (Lipinski definition) is 2. The van der Waals surface area contributed by atoms with E-state index in [2.05, 4.69) is 16.9 Å². The van der Waals surface area contributed by atoms with Crippen molar-refractivity contribution < 1.29 is 9.53 Å². The van der Waals surface area contributed by atoms with Gasteiger partial charge in [0.25, 0.3) is 0 Å². The van der Waals surface area contributed by atoms with Gasteiger partial charge in [-0.3, -0.25) is 4.79 Å². The zero-order valence-corrected chi connectivity index (χ0v) is 11.3. The molecular weight excluding hydrogens is 236 g/mol. The molecule has 0 bridgehead atoms. The monoisotopic (exact) mass is 258 g/mol. The van der Waals surface area contributed by atoms with Crippen molar-refractivity contribution in [2.24, 2.45) is 0 Å². The molecule has 98 valence electrons. The van der Waals surface area contributed by atoms with Crippen molar-refractivity contribution in [1.29, 1.82) is 0 Å². The minimum Gasteiger partial charge on any atom is -0.378 e. The summed E-state index contributed by atoms with van der Waals surface area (Å²) in [6.07, 6.45) is 7.19. The van der Waals surface area contributed by atoms with Crippen LogP contribution in [0.5, 0.6) is 0 Å². The van der Waals surface area contributed by atoms with Crippen LogP contribution in [0, 0.1) is 0 Å². The Hall–Kier alpha value is -0.260. The molecule has 1 heterocycles. The fraction of sp³-hybridized carbons (Fsp3) is 0.917. The van der Waals surface area contributed by atoms with E-state index in [1.807, 2.05) is 11.8 Å². The van der Waals surface area contributed by atoms with Crippen molar-refractivity contribution in [2.45, 2.75) is 36.5 Å². The summed E-state index contributed by atoms with van der Waals surface area (Å²) < 4.78 is 5.58. The second kappa shape index (κ2) is 6.07. The summed E-state index contributed by atoms with van der Waals surface area (Å²) in [5.41, 5.74) is 0. The lowest BCUT2D eigenvalue weighted by Gasteiger charge is -2.29. The molecular formula is C12H22N2O2S. The summed E-state index contributed by atoms with van der Waals surface area (Å²) in [6, 6.07) is -0.163. The highest BCUT2D eigenvalue weighted by atomic mass is 32.2. The predicted octanol–water partition coefficient (Wildman–Crippen LogP) is 0.767. The molecule has 2 fully saturated rings. The number of carbonyl (C=O) groups is 1. The zero-order chi connectivity index (χ0) is 12.1. The fourth-order valence-corrected chi connectivity index (χ4v) is 3.49. The SMILES string of the molecule is CSC1(CNC(=O)C2COCCN2)CCCC1. The first kappa shape index (κ1) is 13.2. The summed E-state index contributed by atoms with van der Waals surface area (Å²) in [5, 5.41) is 6.26. The smallest absolute Gasteiger partial charge is 0.239 e. The molecule has 0 spiro atoms. The van der Waals surface area contributed by atoms with Crippen molar-refractivity contribution in [3.05, 3.63) is 0 Å². The van der Waals surface area contributed by atoms with Crippen LogP contribution in [-0.2, 0) is 9.53 Å². The van der Waals surface area contributed by atoms with Crippen LogP contribution in [0.1, 0.15) is 25.7 Å². The van der Waals surface area contributed by atoms with Gasteiger partial charge in [-0.05, 0) is 19.1 Å². The Kier molecular flexibility index (Phi) is 4.70. The number of rotatable bonds is 4. The van der Waals surface area contributed by atoms with E-state index in [1.165, 1.54) is 25.7 Å². The standard InChI is InChI=1S/C12H22N2O2S/c1-17-12(4-2-3-5-12)9-14-11(15)10-8-16-7-6-13-10/h10,13H,2-9H2,1H3,(H,14,15). The fourth-order valence-electron chi connectivity index (χ4n) is 2.58. The molecule has 2 aliphatic rings. The van der Waals surface area contributed by atoms with Crippen LogP contribution in [-0.4, -0.2) is 49.3 Å². The predicted molar refractivity (Wildman–Crippen MR) is 70.3 cm³/mol. The highest BCUT2D eigenvalue weighted by Gasteiger charge is 2.34. The largest absolute Gasteiger partial charge is 0.378 e. The first-order valence-electron chi connectivity index (χ1n) is 6.40. The normalized spacial score (nSPS) is 27.9. The Balaban J connectivity index is 1.78. The maximum atomic E-state index is 12.0.